The van der Waals surface area contributed by atoms with Crippen LogP contribution >= 0.6 is 11.6 Å². The number of hydrogen-bond donors (Lipinski definition) is 1. The SMILES string of the molecule is CCS(=O)(=O)N1CCNCC1c1ccccc1Cl. The van der Waals surface area contributed by atoms with Crippen molar-refractivity contribution in [3.8, 4) is 0 Å². The molecular formula is C12H17ClN2O2S. The second kappa shape index (κ2) is 5.57. The van der Waals surface area contributed by atoms with E-state index in [2.05, 4.69) is 5.32 Å². The number of sulfonamides is 1. The standard InChI is InChI=1S/C12H17ClN2O2S/c1-2-18(16,17)15-8-7-14-9-12(15)10-5-3-4-6-11(10)13/h3-6,12,14H,2,7-9H2,1H3. The highest BCUT2D eigenvalue weighted by molar-refractivity contribution is 7.89. The zero-order valence-electron chi connectivity index (χ0n) is 10.3. The molecule has 0 aliphatic carbocycles. The topological polar surface area (TPSA) is 49.4 Å². The van der Waals surface area contributed by atoms with Gasteiger partial charge in [0.25, 0.3) is 0 Å². The van der Waals surface area contributed by atoms with Crippen LogP contribution in [-0.4, -0.2) is 38.1 Å². The number of piperazine rings is 1. The van der Waals surface area contributed by atoms with E-state index in [4.69, 9.17) is 11.6 Å². The summed E-state index contributed by atoms with van der Waals surface area (Å²) in [7, 11) is -3.20. The lowest BCUT2D eigenvalue weighted by Crippen LogP contribution is -2.49. The molecule has 1 heterocycles. The molecule has 1 N–H and O–H groups in total. The van der Waals surface area contributed by atoms with Gasteiger partial charge in [-0.3, -0.25) is 0 Å². The molecule has 1 aliphatic heterocycles. The largest absolute Gasteiger partial charge is 0.313 e. The molecule has 100 valence electrons. The van der Waals surface area contributed by atoms with Crippen molar-refractivity contribution in [2.45, 2.75) is 13.0 Å². The maximum absolute atomic E-state index is 12.1. The van der Waals surface area contributed by atoms with Crippen molar-refractivity contribution < 1.29 is 8.42 Å². The van der Waals surface area contributed by atoms with Crippen molar-refractivity contribution in [3.05, 3.63) is 34.9 Å². The molecule has 1 saturated heterocycles. The Labute approximate surface area is 113 Å². The third kappa shape index (κ3) is 2.69. The number of halogens is 1. The zero-order chi connectivity index (χ0) is 13.2. The first-order valence-corrected chi connectivity index (χ1v) is 7.99. The first kappa shape index (κ1) is 13.8. The summed E-state index contributed by atoms with van der Waals surface area (Å²) in [4.78, 5) is 0. The summed E-state index contributed by atoms with van der Waals surface area (Å²) < 4.78 is 25.8. The van der Waals surface area contributed by atoms with E-state index < -0.39 is 10.0 Å². The summed E-state index contributed by atoms with van der Waals surface area (Å²) in [5.41, 5.74) is 0.864. The zero-order valence-corrected chi connectivity index (χ0v) is 11.8. The van der Waals surface area contributed by atoms with Gasteiger partial charge < -0.3 is 5.32 Å². The average Bonchev–Trinajstić information content (AvgIpc) is 2.39. The van der Waals surface area contributed by atoms with E-state index in [1.807, 2.05) is 18.2 Å². The van der Waals surface area contributed by atoms with Crippen molar-refractivity contribution in [1.82, 2.24) is 9.62 Å². The third-order valence-corrected chi connectivity index (χ3v) is 5.41. The summed E-state index contributed by atoms with van der Waals surface area (Å²) >= 11 is 6.17. The maximum Gasteiger partial charge on any atom is 0.214 e. The van der Waals surface area contributed by atoms with Crippen LogP contribution < -0.4 is 5.32 Å². The van der Waals surface area contributed by atoms with E-state index in [0.717, 1.165) is 5.56 Å². The Morgan fingerprint density at radius 3 is 2.83 bits per heavy atom. The van der Waals surface area contributed by atoms with Crippen LogP contribution in [0.4, 0.5) is 0 Å². The van der Waals surface area contributed by atoms with Gasteiger partial charge in [-0.25, -0.2) is 8.42 Å². The van der Waals surface area contributed by atoms with Crippen LogP contribution in [0.1, 0.15) is 18.5 Å². The molecule has 18 heavy (non-hydrogen) atoms. The molecule has 0 aromatic heterocycles. The van der Waals surface area contributed by atoms with Crippen LogP contribution in [0.2, 0.25) is 5.02 Å². The third-order valence-electron chi connectivity index (χ3n) is 3.18. The molecule has 1 aliphatic rings. The summed E-state index contributed by atoms with van der Waals surface area (Å²) in [6.45, 7) is 3.44. The number of benzene rings is 1. The van der Waals surface area contributed by atoms with Crippen molar-refractivity contribution in [2.75, 3.05) is 25.4 Å². The second-order valence-corrected chi connectivity index (χ2v) is 6.87. The van der Waals surface area contributed by atoms with Gasteiger partial charge in [0.15, 0.2) is 0 Å². The van der Waals surface area contributed by atoms with Crippen molar-refractivity contribution in [1.29, 1.82) is 0 Å². The average molecular weight is 289 g/mol. The van der Waals surface area contributed by atoms with Crippen molar-refractivity contribution >= 4 is 21.6 Å². The van der Waals surface area contributed by atoms with Crippen LogP contribution in [0.15, 0.2) is 24.3 Å². The smallest absolute Gasteiger partial charge is 0.214 e. The number of rotatable bonds is 3. The van der Waals surface area contributed by atoms with Crippen LogP contribution in [-0.2, 0) is 10.0 Å². The van der Waals surface area contributed by atoms with Crippen LogP contribution in [0, 0.1) is 0 Å². The lowest BCUT2D eigenvalue weighted by Gasteiger charge is -2.35. The van der Waals surface area contributed by atoms with Gasteiger partial charge in [0.2, 0.25) is 10.0 Å². The molecule has 1 unspecified atom stereocenters. The fourth-order valence-electron chi connectivity index (χ4n) is 2.19. The van der Waals surface area contributed by atoms with Gasteiger partial charge in [-0.1, -0.05) is 29.8 Å². The lowest BCUT2D eigenvalue weighted by atomic mass is 10.1. The molecule has 0 bridgehead atoms. The first-order valence-electron chi connectivity index (χ1n) is 6.01. The molecule has 6 heteroatoms. The quantitative estimate of drug-likeness (QED) is 0.920. The van der Waals surface area contributed by atoms with Gasteiger partial charge in [0, 0.05) is 24.7 Å². The monoisotopic (exact) mass is 288 g/mol. The van der Waals surface area contributed by atoms with E-state index in [9.17, 15) is 8.42 Å². The Hall–Kier alpha value is -0.620. The molecule has 1 aromatic carbocycles. The number of nitrogens with one attached hydrogen (secondary N) is 1. The predicted octanol–water partition coefficient (Wildman–Crippen LogP) is 1.64. The van der Waals surface area contributed by atoms with Crippen LogP contribution in [0.5, 0.6) is 0 Å². The highest BCUT2D eigenvalue weighted by Gasteiger charge is 2.32. The predicted molar refractivity (Wildman–Crippen MR) is 73.2 cm³/mol. The fraction of sp³-hybridized carbons (Fsp3) is 0.500. The Bertz CT molecular complexity index is 519. The molecule has 0 saturated carbocycles. The minimum atomic E-state index is -3.20. The fourth-order valence-corrected chi connectivity index (χ4v) is 3.73. The highest BCUT2D eigenvalue weighted by atomic mass is 35.5. The van der Waals surface area contributed by atoms with E-state index in [0.29, 0.717) is 24.7 Å². The minimum absolute atomic E-state index is 0.119. The van der Waals surface area contributed by atoms with Crippen LogP contribution in [0.3, 0.4) is 0 Å². The molecule has 1 atom stereocenters. The van der Waals surface area contributed by atoms with Gasteiger partial charge in [-0.15, -0.1) is 0 Å². The van der Waals surface area contributed by atoms with E-state index >= 15 is 0 Å². The number of nitrogens with zero attached hydrogens (tertiary/aromatic N) is 1. The molecule has 4 nitrogen and oxygen atoms in total. The van der Waals surface area contributed by atoms with Gasteiger partial charge >= 0.3 is 0 Å². The molecule has 1 fully saturated rings. The van der Waals surface area contributed by atoms with Gasteiger partial charge in [0.05, 0.1) is 11.8 Å². The molecule has 0 radical (unpaired) electrons. The molecular weight excluding hydrogens is 272 g/mol. The Kier molecular flexibility index (Phi) is 4.27. The van der Waals surface area contributed by atoms with E-state index in [1.165, 1.54) is 0 Å². The Morgan fingerprint density at radius 1 is 1.44 bits per heavy atom. The van der Waals surface area contributed by atoms with Crippen molar-refractivity contribution in [3.63, 3.8) is 0 Å². The summed E-state index contributed by atoms with van der Waals surface area (Å²) in [5.74, 6) is 0.119. The Morgan fingerprint density at radius 2 is 2.17 bits per heavy atom. The van der Waals surface area contributed by atoms with E-state index in [-0.39, 0.29) is 11.8 Å². The molecule has 0 spiro atoms. The number of hydrogen-bond acceptors (Lipinski definition) is 3. The maximum atomic E-state index is 12.1. The lowest BCUT2D eigenvalue weighted by molar-refractivity contribution is 0.272. The first-order chi connectivity index (χ1) is 8.56. The summed E-state index contributed by atoms with van der Waals surface area (Å²) in [5, 5.41) is 3.84. The minimum Gasteiger partial charge on any atom is -0.313 e. The molecule has 2 rings (SSSR count). The van der Waals surface area contributed by atoms with Crippen LogP contribution in [0.25, 0.3) is 0 Å². The summed E-state index contributed by atoms with van der Waals surface area (Å²) in [6.07, 6.45) is 0. The normalized spacial score (nSPS) is 22.0. The molecule has 1 aromatic rings. The summed E-state index contributed by atoms with van der Waals surface area (Å²) in [6, 6.07) is 7.20. The molecule has 0 amide bonds. The van der Waals surface area contributed by atoms with Gasteiger partial charge in [-0.2, -0.15) is 4.31 Å². The second-order valence-electron chi connectivity index (χ2n) is 4.25. The van der Waals surface area contributed by atoms with Crippen molar-refractivity contribution in [2.24, 2.45) is 0 Å². The van der Waals surface area contributed by atoms with Gasteiger partial charge in [0.1, 0.15) is 0 Å². The van der Waals surface area contributed by atoms with Gasteiger partial charge in [-0.05, 0) is 18.6 Å². The van der Waals surface area contributed by atoms with E-state index in [1.54, 1.807) is 17.3 Å². The Balaban J connectivity index is 2.38. The highest BCUT2D eigenvalue weighted by Crippen LogP contribution is 2.30.